The van der Waals surface area contributed by atoms with Crippen molar-refractivity contribution in [3.8, 4) is 0 Å². The number of nitrogens with two attached hydrogens (primary N) is 1. The average molecular weight is 311 g/mol. The fourth-order valence-electron chi connectivity index (χ4n) is 1.59. The highest BCUT2D eigenvalue weighted by atomic mass is 35.5. The van der Waals surface area contributed by atoms with Gasteiger partial charge in [-0.1, -0.05) is 11.6 Å². The molecule has 0 aromatic heterocycles. The Labute approximate surface area is 116 Å². The van der Waals surface area contributed by atoms with Gasteiger partial charge in [0.2, 0.25) is 10.0 Å². The number of nitrogen functional groups attached to an aromatic ring is 1. The van der Waals surface area contributed by atoms with E-state index in [1.165, 1.54) is 7.11 Å². The molecule has 1 rings (SSSR count). The van der Waals surface area contributed by atoms with Crippen LogP contribution in [0.15, 0.2) is 17.0 Å². The van der Waals surface area contributed by atoms with Gasteiger partial charge in [0.15, 0.2) is 5.82 Å². The van der Waals surface area contributed by atoms with Crippen molar-refractivity contribution in [3.63, 3.8) is 0 Å². The Hall–Kier alpha value is -0.890. The summed E-state index contributed by atoms with van der Waals surface area (Å²) in [6, 6.07) is 2.17. The molecule has 0 aliphatic rings. The molecule has 1 aromatic carbocycles. The van der Waals surface area contributed by atoms with Crippen molar-refractivity contribution >= 4 is 27.3 Å². The van der Waals surface area contributed by atoms with Gasteiger partial charge in [0.05, 0.1) is 17.2 Å². The second kappa shape index (κ2) is 5.62. The van der Waals surface area contributed by atoms with Crippen molar-refractivity contribution in [2.75, 3.05) is 19.5 Å². The van der Waals surface area contributed by atoms with Crippen molar-refractivity contribution < 1.29 is 17.5 Å². The first-order valence-corrected chi connectivity index (χ1v) is 7.22. The van der Waals surface area contributed by atoms with Gasteiger partial charge in [0.25, 0.3) is 0 Å². The molecule has 0 bridgehead atoms. The molecular weight excluding hydrogens is 295 g/mol. The molecule has 3 N–H and O–H groups in total. The van der Waals surface area contributed by atoms with Gasteiger partial charge in [-0.2, -0.15) is 0 Å². The minimum Gasteiger partial charge on any atom is -0.399 e. The molecule has 0 spiro atoms. The SMILES string of the molecule is COCC(C)(C)NS(=O)(=O)c1cc(N)cc(Cl)c1F. The van der Waals surface area contributed by atoms with Crippen LogP contribution in [0.3, 0.4) is 0 Å². The number of anilines is 1. The number of methoxy groups -OCH3 is 1. The summed E-state index contributed by atoms with van der Waals surface area (Å²) in [5, 5.41) is -0.343. The van der Waals surface area contributed by atoms with Crippen molar-refractivity contribution in [2.24, 2.45) is 0 Å². The molecule has 0 atom stereocenters. The molecular formula is C11H16ClFN2O3S. The molecule has 0 aliphatic carbocycles. The van der Waals surface area contributed by atoms with Gasteiger partial charge >= 0.3 is 0 Å². The maximum Gasteiger partial charge on any atom is 0.244 e. The smallest absolute Gasteiger partial charge is 0.244 e. The minimum absolute atomic E-state index is 0.0660. The first-order valence-electron chi connectivity index (χ1n) is 5.36. The average Bonchev–Trinajstić information content (AvgIpc) is 2.21. The van der Waals surface area contributed by atoms with Crippen LogP contribution in [0.25, 0.3) is 0 Å². The number of hydrogen-bond donors (Lipinski definition) is 2. The molecule has 0 fully saturated rings. The van der Waals surface area contributed by atoms with Crippen LogP contribution in [0.5, 0.6) is 0 Å². The molecule has 1 aromatic rings. The van der Waals surface area contributed by atoms with E-state index >= 15 is 0 Å². The molecule has 108 valence electrons. The number of rotatable bonds is 5. The van der Waals surface area contributed by atoms with E-state index in [1.54, 1.807) is 13.8 Å². The van der Waals surface area contributed by atoms with Gasteiger partial charge in [0.1, 0.15) is 4.90 Å². The Morgan fingerprint density at radius 1 is 1.47 bits per heavy atom. The second-order valence-corrected chi connectivity index (χ2v) is 6.80. The van der Waals surface area contributed by atoms with Gasteiger partial charge in [-0.05, 0) is 26.0 Å². The third kappa shape index (κ3) is 4.04. The lowest BCUT2D eigenvalue weighted by atomic mass is 10.1. The number of halogens is 2. The van der Waals surface area contributed by atoms with E-state index in [0.29, 0.717) is 0 Å². The Kier molecular flexibility index (Phi) is 4.78. The monoisotopic (exact) mass is 310 g/mol. The van der Waals surface area contributed by atoms with E-state index in [0.717, 1.165) is 12.1 Å². The van der Waals surface area contributed by atoms with E-state index in [-0.39, 0.29) is 17.3 Å². The largest absolute Gasteiger partial charge is 0.399 e. The quantitative estimate of drug-likeness (QED) is 0.812. The number of hydrogen-bond acceptors (Lipinski definition) is 4. The molecule has 5 nitrogen and oxygen atoms in total. The van der Waals surface area contributed by atoms with Gasteiger partial charge in [-0.15, -0.1) is 0 Å². The second-order valence-electron chi connectivity index (χ2n) is 4.74. The third-order valence-corrected chi connectivity index (χ3v) is 4.19. The first kappa shape index (κ1) is 16.2. The molecule has 0 amide bonds. The molecule has 0 saturated heterocycles. The highest BCUT2D eigenvalue weighted by molar-refractivity contribution is 7.89. The van der Waals surface area contributed by atoms with Crippen LogP contribution in [-0.4, -0.2) is 27.7 Å². The summed E-state index contributed by atoms with van der Waals surface area (Å²) in [5.41, 5.74) is 4.65. The molecule has 0 aliphatic heterocycles. The summed E-state index contributed by atoms with van der Waals surface area (Å²) in [5.74, 6) is -1.03. The Balaban J connectivity index is 3.22. The molecule has 0 radical (unpaired) electrons. The van der Waals surface area contributed by atoms with Crippen LogP contribution in [-0.2, 0) is 14.8 Å². The van der Waals surface area contributed by atoms with Crippen molar-refractivity contribution in [2.45, 2.75) is 24.3 Å². The van der Waals surface area contributed by atoms with E-state index in [9.17, 15) is 12.8 Å². The van der Waals surface area contributed by atoms with Crippen molar-refractivity contribution in [3.05, 3.63) is 23.0 Å². The maximum absolute atomic E-state index is 13.8. The Morgan fingerprint density at radius 3 is 2.58 bits per heavy atom. The van der Waals surface area contributed by atoms with Crippen LogP contribution in [0.1, 0.15) is 13.8 Å². The fourth-order valence-corrected chi connectivity index (χ4v) is 3.41. The van der Waals surface area contributed by atoms with Gasteiger partial charge < -0.3 is 10.5 Å². The summed E-state index contributed by atoms with van der Waals surface area (Å²) in [6.45, 7) is 3.35. The van der Waals surface area contributed by atoms with Crippen LogP contribution in [0, 0.1) is 5.82 Å². The van der Waals surface area contributed by atoms with E-state index in [1.807, 2.05) is 0 Å². The Morgan fingerprint density at radius 2 is 2.05 bits per heavy atom. The predicted molar refractivity (Wildman–Crippen MR) is 72.1 cm³/mol. The topological polar surface area (TPSA) is 81.4 Å². The zero-order valence-electron chi connectivity index (χ0n) is 10.8. The van der Waals surface area contributed by atoms with Crippen LogP contribution in [0.4, 0.5) is 10.1 Å². The predicted octanol–water partition coefficient (Wildman–Crippen LogP) is 1.76. The standard InChI is InChI=1S/C11H16ClFN2O3S/c1-11(2,6-18-3)15-19(16,17)9-5-7(14)4-8(12)10(9)13/h4-5,15H,6,14H2,1-3H3. The normalized spacial score (nSPS) is 12.7. The van der Waals surface area contributed by atoms with Crippen LogP contribution >= 0.6 is 11.6 Å². The van der Waals surface area contributed by atoms with Gasteiger partial charge in [0, 0.05) is 12.8 Å². The van der Waals surface area contributed by atoms with Crippen molar-refractivity contribution in [1.29, 1.82) is 0 Å². The first-order chi connectivity index (χ1) is 8.59. The number of ether oxygens (including phenoxy) is 1. The fraction of sp³-hybridized carbons (Fsp3) is 0.455. The van der Waals surface area contributed by atoms with Gasteiger partial charge in [-0.3, -0.25) is 0 Å². The number of sulfonamides is 1. The number of benzene rings is 1. The van der Waals surface area contributed by atoms with E-state index < -0.39 is 26.3 Å². The summed E-state index contributed by atoms with van der Waals surface area (Å²) >= 11 is 5.59. The maximum atomic E-state index is 13.8. The third-order valence-electron chi connectivity index (χ3n) is 2.22. The summed E-state index contributed by atoms with van der Waals surface area (Å²) in [7, 11) is -2.65. The molecule has 0 saturated carbocycles. The Bertz CT molecular complexity index is 576. The zero-order chi connectivity index (χ0) is 14.8. The van der Waals surface area contributed by atoms with Gasteiger partial charge in [-0.25, -0.2) is 17.5 Å². The van der Waals surface area contributed by atoms with Crippen LogP contribution in [0.2, 0.25) is 5.02 Å². The molecule has 0 heterocycles. The lowest BCUT2D eigenvalue weighted by Gasteiger charge is -2.25. The minimum atomic E-state index is -4.09. The summed E-state index contributed by atoms with van der Waals surface area (Å²) < 4.78 is 45.3. The zero-order valence-corrected chi connectivity index (χ0v) is 12.4. The van der Waals surface area contributed by atoms with Crippen molar-refractivity contribution in [1.82, 2.24) is 4.72 Å². The molecule has 8 heteroatoms. The highest BCUT2D eigenvalue weighted by Crippen LogP contribution is 2.26. The highest BCUT2D eigenvalue weighted by Gasteiger charge is 2.29. The lowest BCUT2D eigenvalue weighted by Crippen LogP contribution is -2.46. The number of nitrogens with one attached hydrogen (secondary N) is 1. The summed E-state index contributed by atoms with van der Waals surface area (Å²) in [4.78, 5) is -0.582. The lowest BCUT2D eigenvalue weighted by molar-refractivity contribution is 0.141. The molecule has 0 unspecified atom stereocenters. The van der Waals surface area contributed by atoms with E-state index in [4.69, 9.17) is 22.1 Å². The van der Waals surface area contributed by atoms with Crippen LogP contribution < -0.4 is 10.5 Å². The van der Waals surface area contributed by atoms with E-state index in [2.05, 4.69) is 4.72 Å². The molecule has 19 heavy (non-hydrogen) atoms. The summed E-state index contributed by atoms with van der Waals surface area (Å²) in [6.07, 6.45) is 0.